The maximum Gasteiger partial charge on any atom is 0.278 e. The van der Waals surface area contributed by atoms with Crippen molar-refractivity contribution in [2.24, 2.45) is 0 Å². The minimum atomic E-state index is -0.351. The highest BCUT2D eigenvalue weighted by atomic mass is 16.2. The summed E-state index contributed by atoms with van der Waals surface area (Å²) in [5.74, 6) is -0.863. The van der Waals surface area contributed by atoms with E-state index < -0.39 is 0 Å². The molecule has 0 saturated carbocycles. The molecule has 6 nitrogen and oxygen atoms in total. The van der Waals surface area contributed by atoms with Crippen LogP contribution in [0, 0.1) is 0 Å². The molecule has 30 heavy (non-hydrogen) atoms. The maximum absolute atomic E-state index is 13.0. The highest BCUT2D eigenvalue weighted by Crippen LogP contribution is 2.33. The Kier molecular flexibility index (Phi) is 5.06. The molecule has 3 amide bonds. The van der Waals surface area contributed by atoms with Gasteiger partial charge in [0.25, 0.3) is 11.8 Å². The minimum Gasteiger partial charge on any atom is -0.350 e. The molecule has 3 aromatic carbocycles. The molecule has 6 heteroatoms. The summed E-state index contributed by atoms with van der Waals surface area (Å²) in [6, 6.07) is 20.5. The zero-order valence-electron chi connectivity index (χ0n) is 16.7. The molecule has 0 atom stereocenters. The normalized spacial score (nSPS) is 13.9. The first kappa shape index (κ1) is 19.4. The topological polar surface area (TPSA) is 78.5 Å². The third kappa shape index (κ3) is 3.43. The third-order valence-electron chi connectivity index (χ3n) is 5.03. The van der Waals surface area contributed by atoms with E-state index in [4.69, 9.17) is 0 Å². The van der Waals surface area contributed by atoms with Crippen LogP contribution in [0.15, 0.2) is 72.4 Å². The number of nitrogens with zero attached hydrogens (tertiary/aromatic N) is 1. The summed E-state index contributed by atoms with van der Waals surface area (Å²) in [6.45, 7) is 3.49. The van der Waals surface area contributed by atoms with E-state index in [0.29, 0.717) is 16.8 Å². The summed E-state index contributed by atoms with van der Waals surface area (Å²) < 4.78 is 0. The summed E-state index contributed by atoms with van der Waals surface area (Å²) in [5.41, 5.74) is 2.57. The fourth-order valence-electron chi connectivity index (χ4n) is 3.64. The van der Waals surface area contributed by atoms with E-state index in [1.807, 2.05) is 42.5 Å². The number of hydrogen-bond donors (Lipinski definition) is 2. The van der Waals surface area contributed by atoms with Gasteiger partial charge in [-0.25, -0.2) is 0 Å². The van der Waals surface area contributed by atoms with Crippen LogP contribution in [0.2, 0.25) is 0 Å². The van der Waals surface area contributed by atoms with Crippen molar-refractivity contribution in [3.8, 4) is 0 Å². The largest absolute Gasteiger partial charge is 0.350 e. The Morgan fingerprint density at radius 1 is 0.900 bits per heavy atom. The SMILES string of the molecule is CCN1C(=O)C(Nc2cccc3ccccc23)=C(c2ccc(NC(C)=O)cc2)C1=O. The second-order valence-electron chi connectivity index (χ2n) is 7.01. The average Bonchev–Trinajstić information content (AvgIpc) is 2.97. The number of rotatable bonds is 5. The van der Waals surface area contributed by atoms with Crippen molar-refractivity contribution in [3.05, 3.63) is 78.0 Å². The Balaban J connectivity index is 1.80. The molecule has 0 unspecified atom stereocenters. The number of imide groups is 1. The van der Waals surface area contributed by atoms with Crippen molar-refractivity contribution < 1.29 is 14.4 Å². The Bertz CT molecular complexity index is 1190. The standard InChI is InChI=1S/C24H21N3O3/c1-3-27-23(29)21(17-11-13-18(14-12-17)25-15(2)28)22(24(27)30)26-20-10-6-8-16-7-4-5-9-19(16)20/h4-14,26H,3H2,1-2H3,(H,25,28). The Morgan fingerprint density at radius 3 is 2.30 bits per heavy atom. The molecule has 0 aliphatic carbocycles. The van der Waals surface area contributed by atoms with Crippen LogP contribution in [0.1, 0.15) is 19.4 Å². The predicted octanol–water partition coefficient (Wildman–Crippen LogP) is 4.01. The second-order valence-corrected chi connectivity index (χ2v) is 7.01. The Labute approximate surface area is 174 Å². The lowest BCUT2D eigenvalue weighted by Gasteiger charge is -2.13. The number of fused-ring (bicyclic) bond motifs is 1. The third-order valence-corrected chi connectivity index (χ3v) is 5.03. The first-order valence-corrected chi connectivity index (χ1v) is 9.73. The van der Waals surface area contributed by atoms with Gasteiger partial charge in [0.05, 0.1) is 5.57 Å². The molecule has 150 valence electrons. The lowest BCUT2D eigenvalue weighted by molar-refractivity contribution is -0.136. The van der Waals surface area contributed by atoms with E-state index in [2.05, 4.69) is 10.6 Å². The quantitative estimate of drug-likeness (QED) is 0.636. The van der Waals surface area contributed by atoms with Gasteiger partial charge in [0, 0.05) is 30.2 Å². The fourth-order valence-corrected chi connectivity index (χ4v) is 3.64. The molecule has 0 spiro atoms. The van der Waals surface area contributed by atoms with Gasteiger partial charge in [0.1, 0.15) is 5.70 Å². The van der Waals surface area contributed by atoms with Gasteiger partial charge in [-0.2, -0.15) is 0 Å². The van der Waals surface area contributed by atoms with Crippen molar-refractivity contribution in [2.75, 3.05) is 17.2 Å². The number of hydrogen-bond acceptors (Lipinski definition) is 4. The second kappa shape index (κ2) is 7.83. The zero-order valence-corrected chi connectivity index (χ0v) is 16.7. The van der Waals surface area contributed by atoms with Crippen molar-refractivity contribution in [3.63, 3.8) is 0 Å². The molecular formula is C24H21N3O3. The summed E-state index contributed by atoms with van der Waals surface area (Å²) in [5, 5.41) is 7.92. The maximum atomic E-state index is 13.0. The number of carbonyl (C=O) groups excluding carboxylic acids is 3. The Hall–Kier alpha value is -3.93. The fraction of sp³-hybridized carbons (Fsp3) is 0.125. The van der Waals surface area contributed by atoms with E-state index in [0.717, 1.165) is 16.5 Å². The molecule has 0 bridgehead atoms. The van der Waals surface area contributed by atoms with Gasteiger partial charge in [-0.15, -0.1) is 0 Å². The van der Waals surface area contributed by atoms with Crippen molar-refractivity contribution >= 4 is 45.4 Å². The van der Waals surface area contributed by atoms with Crippen LogP contribution in [0.5, 0.6) is 0 Å². The van der Waals surface area contributed by atoms with Crippen molar-refractivity contribution in [2.45, 2.75) is 13.8 Å². The van der Waals surface area contributed by atoms with Gasteiger partial charge in [0.15, 0.2) is 0 Å². The highest BCUT2D eigenvalue weighted by molar-refractivity contribution is 6.36. The minimum absolute atomic E-state index is 0.176. The van der Waals surface area contributed by atoms with Gasteiger partial charge in [-0.3, -0.25) is 19.3 Å². The van der Waals surface area contributed by atoms with Gasteiger partial charge in [-0.05, 0) is 36.1 Å². The van der Waals surface area contributed by atoms with E-state index in [9.17, 15) is 14.4 Å². The van der Waals surface area contributed by atoms with E-state index >= 15 is 0 Å². The molecule has 0 saturated heterocycles. The van der Waals surface area contributed by atoms with Crippen LogP contribution in [-0.4, -0.2) is 29.2 Å². The molecule has 1 heterocycles. The number of benzene rings is 3. The van der Waals surface area contributed by atoms with Crippen molar-refractivity contribution in [1.29, 1.82) is 0 Å². The number of anilines is 2. The lowest BCUT2D eigenvalue weighted by Crippen LogP contribution is -2.32. The highest BCUT2D eigenvalue weighted by Gasteiger charge is 2.38. The average molecular weight is 399 g/mol. The van der Waals surface area contributed by atoms with Crippen LogP contribution in [0.4, 0.5) is 11.4 Å². The van der Waals surface area contributed by atoms with Gasteiger partial charge >= 0.3 is 0 Å². The summed E-state index contributed by atoms with van der Waals surface area (Å²) in [7, 11) is 0. The molecular weight excluding hydrogens is 378 g/mol. The molecule has 0 fully saturated rings. The van der Waals surface area contributed by atoms with Crippen LogP contribution in [0.25, 0.3) is 16.3 Å². The first-order valence-electron chi connectivity index (χ1n) is 9.73. The number of amides is 3. The Morgan fingerprint density at radius 2 is 1.60 bits per heavy atom. The smallest absolute Gasteiger partial charge is 0.278 e. The summed E-state index contributed by atoms with van der Waals surface area (Å²) in [4.78, 5) is 38.5. The number of carbonyl (C=O) groups is 3. The first-order chi connectivity index (χ1) is 14.5. The van der Waals surface area contributed by atoms with Gasteiger partial charge in [0.2, 0.25) is 5.91 Å². The van der Waals surface area contributed by atoms with Crippen molar-refractivity contribution in [1.82, 2.24) is 4.90 Å². The van der Waals surface area contributed by atoms with Crippen LogP contribution < -0.4 is 10.6 Å². The lowest BCUT2D eigenvalue weighted by atomic mass is 10.0. The molecule has 3 aromatic rings. The van der Waals surface area contributed by atoms with Gasteiger partial charge in [-0.1, -0.05) is 48.5 Å². The number of likely N-dealkylation sites (N-methyl/N-ethyl adjacent to an activating group) is 1. The molecule has 1 aliphatic rings. The molecule has 0 radical (unpaired) electrons. The predicted molar refractivity (Wildman–Crippen MR) is 118 cm³/mol. The molecule has 2 N–H and O–H groups in total. The van der Waals surface area contributed by atoms with Crippen LogP contribution in [0.3, 0.4) is 0 Å². The summed E-state index contributed by atoms with van der Waals surface area (Å²) >= 11 is 0. The van der Waals surface area contributed by atoms with Crippen LogP contribution in [-0.2, 0) is 14.4 Å². The van der Waals surface area contributed by atoms with Crippen LogP contribution >= 0.6 is 0 Å². The molecule has 0 aromatic heterocycles. The van der Waals surface area contributed by atoms with Gasteiger partial charge < -0.3 is 10.6 Å². The molecule has 1 aliphatic heterocycles. The monoisotopic (exact) mass is 399 g/mol. The zero-order chi connectivity index (χ0) is 21.3. The number of nitrogens with one attached hydrogen (secondary N) is 2. The van der Waals surface area contributed by atoms with E-state index in [1.54, 1.807) is 31.2 Å². The van der Waals surface area contributed by atoms with E-state index in [-0.39, 0.29) is 30.0 Å². The summed E-state index contributed by atoms with van der Waals surface area (Å²) in [6.07, 6.45) is 0. The van der Waals surface area contributed by atoms with E-state index in [1.165, 1.54) is 11.8 Å². The molecule has 4 rings (SSSR count).